The zero-order valence-corrected chi connectivity index (χ0v) is 9.41. The Morgan fingerprint density at radius 1 is 1.47 bits per heavy atom. The highest BCUT2D eigenvalue weighted by Gasteiger charge is 2.15. The molecule has 0 saturated carbocycles. The van der Waals surface area contributed by atoms with Gasteiger partial charge in [0.15, 0.2) is 6.20 Å². The van der Waals surface area contributed by atoms with Crippen molar-refractivity contribution in [3.8, 4) is 0 Å². The van der Waals surface area contributed by atoms with Crippen molar-refractivity contribution in [1.82, 2.24) is 0 Å². The molecule has 0 radical (unpaired) electrons. The molecule has 2 rings (SSSR count). The van der Waals surface area contributed by atoms with Gasteiger partial charge in [-0.15, -0.1) is 0 Å². The smallest absolute Gasteiger partial charge is 0.251 e. The molecule has 15 heavy (non-hydrogen) atoms. The van der Waals surface area contributed by atoms with Gasteiger partial charge in [0, 0.05) is 24.5 Å². The molecule has 1 fully saturated rings. The Balaban J connectivity index is 1.84. The lowest BCUT2D eigenvalue weighted by molar-refractivity contribution is -0.645. The molecule has 0 aliphatic carbocycles. The second-order valence-electron chi connectivity index (χ2n) is 3.66. The summed E-state index contributed by atoms with van der Waals surface area (Å²) in [6.45, 7) is 0.872. The molecule has 1 aliphatic rings. The van der Waals surface area contributed by atoms with E-state index in [1.807, 2.05) is 12.1 Å². The van der Waals surface area contributed by atoms with Gasteiger partial charge in [-0.2, -0.15) is 4.73 Å². The average Bonchev–Trinajstić information content (AvgIpc) is 2.29. The van der Waals surface area contributed by atoms with Crippen LogP contribution < -0.4 is 4.73 Å². The molecule has 1 saturated heterocycles. The molecule has 1 aliphatic heterocycles. The number of ether oxygens (including phenoxy) is 1. The lowest BCUT2D eigenvalue weighted by Crippen LogP contribution is -2.29. The summed E-state index contributed by atoms with van der Waals surface area (Å²) in [6.07, 6.45) is 5.40. The first-order valence-corrected chi connectivity index (χ1v) is 6.27. The van der Waals surface area contributed by atoms with Crippen LogP contribution in [0.3, 0.4) is 0 Å². The van der Waals surface area contributed by atoms with Gasteiger partial charge in [-0.05, 0) is 25.3 Å². The van der Waals surface area contributed by atoms with Crippen LogP contribution in [0.15, 0.2) is 29.4 Å². The van der Waals surface area contributed by atoms with E-state index in [4.69, 9.17) is 4.74 Å². The normalized spacial score (nSPS) is 21.5. The molecular formula is C11H15NO2S. The lowest BCUT2D eigenvalue weighted by atomic mass is 10.1. The highest BCUT2D eigenvalue weighted by atomic mass is 32.2. The fraction of sp³-hybridized carbons (Fsp3) is 0.545. The van der Waals surface area contributed by atoms with E-state index < -0.39 is 0 Å². The quantitative estimate of drug-likeness (QED) is 0.448. The monoisotopic (exact) mass is 225 g/mol. The maximum Gasteiger partial charge on any atom is 0.251 e. The standard InChI is InChI=1S/C11H15NO2S/c13-12-7-3-1-6-11(12)15-9-10-5-2-4-8-14-10/h1,3,6-7,10H,2,4-5,8-9H2/t10-/m1/s1. The first-order valence-electron chi connectivity index (χ1n) is 5.29. The zero-order valence-electron chi connectivity index (χ0n) is 8.59. The highest BCUT2D eigenvalue weighted by Crippen LogP contribution is 2.20. The Morgan fingerprint density at radius 3 is 3.13 bits per heavy atom. The molecular weight excluding hydrogens is 210 g/mol. The second kappa shape index (κ2) is 5.37. The Labute approximate surface area is 94.0 Å². The Kier molecular flexibility index (Phi) is 3.86. The van der Waals surface area contributed by atoms with Crippen molar-refractivity contribution in [2.45, 2.75) is 30.4 Å². The van der Waals surface area contributed by atoms with Crippen molar-refractivity contribution in [1.29, 1.82) is 0 Å². The molecule has 82 valence electrons. The minimum atomic E-state index is 0.323. The summed E-state index contributed by atoms with van der Waals surface area (Å²) >= 11 is 1.58. The van der Waals surface area contributed by atoms with E-state index in [1.165, 1.54) is 19.0 Å². The van der Waals surface area contributed by atoms with E-state index in [-0.39, 0.29) is 0 Å². The van der Waals surface area contributed by atoms with Crippen LogP contribution in [-0.2, 0) is 4.74 Å². The van der Waals surface area contributed by atoms with Crippen molar-refractivity contribution < 1.29 is 9.47 Å². The molecule has 0 bridgehead atoms. The summed E-state index contributed by atoms with van der Waals surface area (Å²) in [4.78, 5) is 0. The highest BCUT2D eigenvalue weighted by molar-refractivity contribution is 7.99. The molecule has 1 atom stereocenters. The summed E-state index contributed by atoms with van der Waals surface area (Å²) in [5, 5.41) is 12.1. The molecule has 0 N–H and O–H groups in total. The fourth-order valence-corrected chi connectivity index (χ4v) is 2.62. The summed E-state index contributed by atoms with van der Waals surface area (Å²) in [5.41, 5.74) is 0. The number of nitrogens with zero attached hydrogens (tertiary/aromatic N) is 1. The van der Waals surface area contributed by atoms with Crippen molar-refractivity contribution in [2.75, 3.05) is 12.4 Å². The van der Waals surface area contributed by atoms with Crippen LogP contribution >= 0.6 is 11.8 Å². The SMILES string of the molecule is [O-][n+]1ccccc1SC[C@H]1CCCCO1. The number of aromatic nitrogens is 1. The molecule has 3 nitrogen and oxygen atoms in total. The third-order valence-electron chi connectivity index (χ3n) is 2.48. The topological polar surface area (TPSA) is 36.2 Å². The van der Waals surface area contributed by atoms with E-state index in [1.54, 1.807) is 17.8 Å². The minimum absolute atomic E-state index is 0.323. The fourth-order valence-electron chi connectivity index (χ4n) is 1.64. The van der Waals surface area contributed by atoms with Gasteiger partial charge in [0.2, 0.25) is 0 Å². The van der Waals surface area contributed by atoms with E-state index in [9.17, 15) is 5.21 Å². The van der Waals surface area contributed by atoms with Crippen LogP contribution in [0, 0.1) is 5.21 Å². The molecule has 1 aromatic heterocycles. The summed E-state index contributed by atoms with van der Waals surface area (Å²) in [6, 6.07) is 5.48. The molecule has 0 amide bonds. The Morgan fingerprint density at radius 2 is 2.40 bits per heavy atom. The van der Waals surface area contributed by atoms with Gasteiger partial charge in [0.25, 0.3) is 5.03 Å². The van der Waals surface area contributed by atoms with Crippen LogP contribution in [-0.4, -0.2) is 18.5 Å². The summed E-state index contributed by atoms with van der Waals surface area (Å²) in [5.74, 6) is 0.881. The number of rotatable bonds is 3. The van der Waals surface area contributed by atoms with Crippen LogP contribution in [0.4, 0.5) is 0 Å². The minimum Gasteiger partial charge on any atom is -0.618 e. The van der Waals surface area contributed by atoms with E-state index >= 15 is 0 Å². The van der Waals surface area contributed by atoms with E-state index in [0.717, 1.165) is 28.5 Å². The molecule has 2 heterocycles. The average molecular weight is 225 g/mol. The van der Waals surface area contributed by atoms with Gasteiger partial charge in [0.05, 0.1) is 6.10 Å². The van der Waals surface area contributed by atoms with Crippen molar-refractivity contribution in [3.05, 3.63) is 29.6 Å². The van der Waals surface area contributed by atoms with Crippen molar-refractivity contribution >= 4 is 11.8 Å². The largest absolute Gasteiger partial charge is 0.618 e. The lowest BCUT2D eigenvalue weighted by Gasteiger charge is -2.21. The Bertz CT molecular complexity index is 313. The van der Waals surface area contributed by atoms with Crippen LogP contribution in [0.25, 0.3) is 0 Å². The van der Waals surface area contributed by atoms with E-state index in [0.29, 0.717) is 6.10 Å². The first-order chi connectivity index (χ1) is 7.36. The van der Waals surface area contributed by atoms with Gasteiger partial charge in [-0.25, -0.2) is 0 Å². The molecule has 0 spiro atoms. The van der Waals surface area contributed by atoms with Crippen molar-refractivity contribution in [2.24, 2.45) is 0 Å². The maximum atomic E-state index is 11.3. The van der Waals surface area contributed by atoms with Crippen LogP contribution in [0.1, 0.15) is 19.3 Å². The maximum absolute atomic E-state index is 11.3. The summed E-state index contributed by atoms with van der Waals surface area (Å²) < 4.78 is 6.52. The van der Waals surface area contributed by atoms with Gasteiger partial charge >= 0.3 is 0 Å². The van der Waals surface area contributed by atoms with Gasteiger partial charge < -0.3 is 9.94 Å². The first kappa shape index (κ1) is 10.8. The predicted molar refractivity (Wildman–Crippen MR) is 59.7 cm³/mol. The third-order valence-corrected chi connectivity index (χ3v) is 3.63. The Hall–Kier alpha value is -0.740. The van der Waals surface area contributed by atoms with Gasteiger partial charge in [-0.1, -0.05) is 11.8 Å². The van der Waals surface area contributed by atoms with Crippen molar-refractivity contribution in [3.63, 3.8) is 0 Å². The predicted octanol–water partition coefficient (Wildman–Crippen LogP) is 1.98. The zero-order chi connectivity index (χ0) is 10.5. The molecule has 4 heteroatoms. The second-order valence-corrected chi connectivity index (χ2v) is 4.70. The number of thioether (sulfide) groups is 1. The number of pyridine rings is 1. The molecule has 0 unspecified atom stereocenters. The van der Waals surface area contributed by atoms with Gasteiger partial charge in [-0.3, -0.25) is 0 Å². The van der Waals surface area contributed by atoms with Crippen LogP contribution in [0.2, 0.25) is 0 Å². The van der Waals surface area contributed by atoms with Crippen LogP contribution in [0.5, 0.6) is 0 Å². The molecule has 1 aromatic rings. The third kappa shape index (κ3) is 3.11. The van der Waals surface area contributed by atoms with Gasteiger partial charge in [0.1, 0.15) is 0 Å². The summed E-state index contributed by atoms with van der Waals surface area (Å²) in [7, 11) is 0. The molecule has 0 aromatic carbocycles. The van der Waals surface area contributed by atoms with E-state index in [2.05, 4.69) is 0 Å². The number of hydrogen-bond acceptors (Lipinski definition) is 3. The number of hydrogen-bond donors (Lipinski definition) is 0.